The van der Waals surface area contributed by atoms with E-state index in [1.165, 1.54) is 18.2 Å². The van der Waals surface area contributed by atoms with Crippen LogP contribution in [0, 0.1) is 18.6 Å². The number of halogens is 2. The Bertz CT molecular complexity index is 711. The molecule has 0 saturated heterocycles. The van der Waals surface area contributed by atoms with Gasteiger partial charge in [-0.15, -0.1) is 0 Å². The Balaban J connectivity index is 1.71. The average molecular weight is 332 g/mol. The number of rotatable bonds is 4. The summed E-state index contributed by atoms with van der Waals surface area (Å²) in [6.45, 7) is 2.34. The van der Waals surface area contributed by atoms with Gasteiger partial charge < -0.3 is 10.2 Å². The highest BCUT2D eigenvalue weighted by Gasteiger charge is 2.30. The number of thiocarbonyl (C=S) groups is 1. The fourth-order valence-electron chi connectivity index (χ4n) is 2.41. The first kappa shape index (κ1) is 15.9. The summed E-state index contributed by atoms with van der Waals surface area (Å²) in [5.41, 5.74) is 2.24. The van der Waals surface area contributed by atoms with E-state index in [9.17, 15) is 8.78 Å². The van der Waals surface area contributed by atoms with Crippen molar-refractivity contribution in [3.05, 3.63) is 65.2 Å². The molecule has 0 amide bonds. The highest BCUT2D eigenvalue weighted by atomic mass is 32.1. The van der Waals surface area contributed by atoms with E-state index in [1.54, 1.807) is 25.1 Å². The SMILES string of the molecule is Cc1ccc(NC(=S)N(Cc2ccc(F)cc2)C2CC2)cc1F. The average Bonchev–Trinajstić information content (AvgIpc) is 3.35. The van der Waals surface area contributed by atoms with Crippen LogP contribution in [0.5, 0.6) is 0 Å². The van der Waals surface area contributed by atoms with Crippen molar-refractivity contribution in [1.29, 1.82) is 0 Å². The van der Waals surface area contributed by atoms with Crippen molar-refractivity contribution in [2.45, 2.75) is 32.4 Å². The first-order chi connectivity index (χ1) is 11.0. The molecule has 2 nitrogen and oxygen atoms in total. The highest BCUT2D eigenvalue weighted by molar-refractivity contribution is 7.80. The minimum absolute atomic E-state index is 0.248. The van der Waals surface area contributed by atoms with Crippen LogP contribution in [0.2, 0.25) is 0 Å². The Morgan fingerprint density at radius 1 is 1.17 bits per heavy atom. The van der Waals surface area contributed by atoms with Crippen molar-refractivity contribution in [1.82, 2.24) is 4.90 Å². The maximum Gasteiger partial charge on any atom is 0.173 e. The molecule has 0 atom stereocenters. The second kappa shape index (κ2) is 6.62. The molecule has 0 heterocycles. The summed E-state index contributed by atoms with van der Waals surface area (Å²) in [5.74, 6) is -0.503. The molecule has 0 unspecified atom stereocenters. The predicted octanol–water partition coefficient (Wildman–Crippen LogP) is 4.63. The zero-order chi connectivity index (χ0) is 16.4. The quantitative estimate of drug-likeness (QED) is 0.822. The molecule has 5 heteroatoms. The lowest BCUT2D eigenvalue weighted by molar-refractivity contribution is 0.409. The summed E-state index contributed by atoms with van der Waals surface area (Å²) >= 11 is 5.49. The molecule has 1 aliphatic rings. The molecule has 0 aliphatic heterocycles. The second-order valence-electron chi connectivity index (χ2n) is 5.88. The van der Waals surface area contributed by atoms with Crippen molar-refractivity contribution >= 4 is 23.0 Å². The van der Waals surface area contributed by atoms with Gasteiger partial charge >= 0.3 is 0 Å². The fourth-order valence-corrected chi connectivity index (χ4v) is 2.74. The molecular formula is C18H18F2N2S. The maximum absolute atomic E-state index is 13.7. The molecule has 1 saturated carbocycles. The van der Waals surface area contributed by atoms with Crippen LogP contribution in [-0.2, 0) is 6.54 Å². The second-order valence-corrected chi connectivity index (χ2v) is 6.27. The minimum atomic E-state index is -0.255. The van der Waals surface area contributed by atoms with Crippen LogP contribution >= 0.6 is 12.2 Å². The standard InChI is InChI=1S/C18H18F2N2S/c1-12-2-7-15(10-17(12)20)21-18(23)22(16-8-9-16)11-13-3-5-14(19)6-4-13/h2-7,10,16H,8-9,11H2,1H3,(H,21,23). The van der Waals surface area contributed by atoms with Gasteiger partial charge in [-0.05, 0) is 67.4 Å². The van der Waals surface area contributed by atoms with Gasteiger partial charge in [-0.1, -0.05) is 18.2 Å². The predicted molar refractivity (Wildman–Crippen MR) is 92.3 cm³/mol. The molecule has 2 aromatic rings. The normalized spacial score (nSPS) is 13.7. The van der Waals surface area contributed by atoms with Crippen LogP contribution in [0.4, 0.5) is 14.5 Å². The van der Waals surface area contributed by atoms with Crippen molar-refractivity contribution in [3.8, 4) is 0 Å². The molecule has 0 bridgehead atoms. The molecule has 2 aromatic carbocycles. The molecule has 1 aliphatic carbocycles. The van der Waals surface area contributed by atoms with E-state index in [0.717, 1.165) is 18.4 Å². The van der Waals surface area contributed by atoms with Gasteiger partial charge in [0, 0.05) is 18.3 Å². The maximum atomic E-state index is 13.7. The summed E-state index contributed by atoms with van der Waals surface area (Å²) in [7, 11) is 0. The first-order valence-electron chi connectivity index (χ1n) is 7.61. The molecule has 3 rings (SSSR count). The molecule has 1 N–H and O–H groups in total. The van der Waals surface area contributed by atoms with E-state index in [2.05, 4.69) is 10.2 Å². The molecule has 0 radical (unpaired) electrons. The molecule has 0 spiro atoms. The van der Waals surface area contributed by atoms with E-state index < -0.39 is 0 Å². The monoisotopic (exact) mass is 332 g/mol. The topological polar surface area (TPSA) is 15.3 Å². The molecular weight excluding hydrogens is 314 g/mol. The summed E-state index contributed by atoms with van der Waals surface area (Å²) in [6.07, 6.45) is 2.18. The van der Waals surface area contributed by atoms with Crippen LogP contribution in [0.1, 0.15) is 24.0 Å². The van der Waals surface area contributed by atoms with Crippen molar-refractivity contribution in [3.63, 3.8) is 0 Å². The molecule has 23 heavy (non-hydrogen) atoms. The van der Waals surface area contributed by atoms with E-state index in [-0.39, 0.29) is 11.6 Å². The Labute approximate surface area is 140 Å². The summed E-state index contributed by atoms with van der Waals surface area (Å²) < 4.78 is 26.7. The van der Waals surface area contributed by atoms with Crippen molar-refractivity contribution in [2.75, 3.05) is 5.32 Å². The summed E-state index contributed by atoms with van der Waals surface area (Å²) in [5, 5.41) is 3.68. The van der Waals surface area contributed by atoms with Gasteiger partial charge in [0.1, 0.15) is 11.6 Å². The number of nitrogens with zero attached hydrogens (tertiary/aromatic N) is 1. The number of anilines is 1. The third kappa shape index (κ3) is 4.05. The highest BCUT2D eigenvalue weighted by Crippen LogP contribution is 2.29. The van der Waals surface area contributed by atoms with Gasteiger partial charge in [-0.25, -0.2) is 8.78 Å². The largest absolute Gasteiger partial charge is 0.342 e. The molecule has 1 fully saturated rings. The van der Waals surface area contributed by atoms with Crippen LogP contribution in [-0.4, -0.2) is 16.1 Å². The Kier molecular flexibility index (Phi) is 4.57. The lowest BCUT2D eigenvalue weighted by atomic mass is 10.2. The van der Waals surface area contributed by atoms with Crippen LogP contribution in [0.15, 0.2) is 42.5 Å². The number of hydrogen-bond donors (Lipinski definition) is 1. The van der Waals surface area contributed by atoms with Crippen LogP contribution in [0.3, 0.4) is 0 Å². The van der Waals surface area contributed by atoms with Crippen molar-refractivity contribution < 1.29 is 8.78 Å². The van der Waals surface area contributed by atoms with Gasteiger partial charge in [0.15, 0.2) is 5.11 Å². The zero-order valence-corrected chi connectivity index (χ0v) is 13.7. The number of hydrogen-bond acceptors (Lipinski definition) is 1. The summed E-state index contributed by atoms with van der Waals surface area (Å²) in [4.78, 5) is 2.08. The smallest absolute Gasteiger partial charge is 0.173 e. The van der Waals surface area contributed by atoms with E-state index in [1.807, 2.05) is 6.07 Å². The van der Waals surface area contributed by atoms with Gasteiger partial charge in [0.2, 0.25) is 0 Å². The van der Waals surface area contributed by atoms with Gasteiger partial charge in [-0.2, -0.15) is 0 Å². The molecule has 0 aromatic heterocycles. The van der Waals surface area contributed by atoms with Gasteiger partial charge in [-0.3, -0.25) is 0 Å². The van der Waals surface area contributed by atoms with Gasteiger partial charge in [0.05, 0.1) is 0 Å². The van der Waals surface area contributed by atoms with E-state index in [4.69, 9.17) is 12.2 Å². The van der Waals surface area contributed by atoms with Gasteiger partial charge in [0.25, 0.3) is 0 Å². The number of benzene rings is 2. The Hall–Kier alpha value is -2.01. The zero-order valence-electron chi connectivity index (χ0n) is 12.9. The lowest BCUT2D eigenvalue weighted by Crippen LogP contribution is -2.36. The third-order valence-electron chi connectivity index (χ3n) is 3.94. The Morgan fingerprint density at radius 2 is 1.87 bits per heavy atom. The summed E-state index contributed by atoms with van der Waals surface area (Å²) in [6, 6.07) is 11.8. The first-order valence-corrected chi connectivity index (χ1v) is 8.02. The van der Waals surface area contributed by atoms with Crippen LogP contribution in [0.25, 0.3) is 0 Å². The number of nitrogens with one attached hydrogen (secondary N) is 1. The molecule has 120 valence electrons. The number of aryl methyl sites for hydroxylation is 1. The van der Waals surface area contributed by atoms with Crippen LogP contribution < -0.4 is 5.32 Å². The third-order valence-corrected chi connectivity index (χ3v) is 4.27. The van der Waals surface area contributed by atoms with Crippen molar-refractivity contribution in [2.24, 2.45) is 0 Å². The van der Waals surface area contributed by atoms with E-state index in [0.29, 0.717) is 28.9 Å². The lowest BCUT2D eigenvalue weighted by Gasteiger charge is -2.26. The fraction of sp³-hybridized carbons (Fsp3) is 0.278. The van der Waals surface area contributed by atoms with E-state index >= 15 is 0 Å². The minimum Gasteiger partial charge on any atom is -0.342 e. The Morgan fingerprint density at radius 3 is 2.48 bits per heavy atom.